The van der Waals surface area contributed by atoms with Crippen LogP contribution in [-0.4, -0.2) is 24.1 Å². The average Bonchev–Trinajstić information content (AvgIpc) is 3.18. The lowest BCUT2D eigenvalue weighted by Gasteiger charge is -2.25. The summed E-state index contributed by atoms with van der Waals surface area (Å²) in [5.41, 5.74) is 2.92. The van der Waals surface area contributed by atoms with Gasteiger partial charge in [0.25, 0.3) is 0 Å². The summed E-state index contributed by atoms with van der Waals surface area (Å²) in [4.78, 5) is 26.0. The average molecular weight is 429 g/mol. The van der Waals surface area contributed by atoms with Crippen LogP contribution in [0.3, 0.4) is 0 Å². The first-order chi connectivity index (χ1) is 15.1. The Kier molecular flexibility index (Phi) is 4.71. The van der Waals surface area contributed by atoms with Crippen LogP contribution in [0.5, 0.6) is 5.75 Å². The van der Waals surface area contributed by atoms with E-state index in [-0.39, 0.29) is 23.1 Å². The highest BCUT2D eigenvalue weighted by Gasteiger charge is 2.35. The van der Waals surface area contributed by atoms with E-state index in [9.17, 15) is 14.7 Å². The van der Waals surface area contributed by atoms with Crippen molar-refractivity contribution in [3.8, 4) is 16.9 Å². The fourth-order valence-electron chi connectivity index (χ4n) is 4.28. The number of hydrogen-bond acceptors (Lipinski definition) is 4. The molecule has 0 saturated carbocycles. The van der Waals surface area contributed by atoms with Crippen molar-refractivity contribution in [2.75, 3.05) is 12.4 Å². The van der Waals surface area contributed by atoms with E-state index in [0.29, 0.717) is 17.0 Å². The van der Waals surface area contributed by atoms with Gasteiger partial charge in [0.1, 0.15) is 10.6 Å². The van der Waals surface area contributed by atoms with Gasteiger partial charge in [0.15, 0.2) is 0 Å². The molecule has 4 aromatic rings. The van der Waals surface area contributed by atoms with Crippen molar-refractivity contribution in [2.24, 2.45) is 0 Å². The third-order valence-corrected chi connectivity index (χ3v) is 6.97. The quantitative estimate of drug-likeness (QED) is 0.433. The van der Waals surface area contributed by atoms with Crippen LogP contribution in [0.2, 0.25) is 0 Å². The lowest BCUT2D eigenvalue weighted by atomic mass is 9.86. The summed E-state index contributed by atoms with van der Waals surface area (Å²) in [6.45, 7) is 0. The molecule has 0 saturated heterocycles. The van der Waals surface area contributed by atoms with Crippen LogP contribution in [-0.2, 0) is 4.79 Å². The summed E-state index contributed by atoms with van der Waals surface area (Å²) in [7, 11) is 1.58. The standard InChI is InChI=1S/C25H19NO4S/c1-30-16-11-9-15(10-12-16)21-22-23(31-24(21)25(28)29)19(13-20(27)26-22)18-8-4-6-14-5-2-3-7-17(14)18/h2-12,19H,13H2,1H3,(H,26,27)(H,28,29)/t19-/m0/s1. The molecule has 0 fully saturated rings. The molecule has 154 valence electrons. The molecule has 2 heterocycles. The van der Waals surface area contributed by atoms with Gasteiger partial charge in [-0.1, -0.05) is 54.6 Å². The Balaban J connectivity index is 1.73. The third-order valence-electron chi connectivity index (χ3n) is 5.68. The van der Waals surface area contributed by atoms with Gasteiger partial charge in [-0.15, -0.1) is 11.3 Å². The number of hydrogen-bond donors (Lipinski definition) is 2. The van der Waals surface area contributed by atoms with Crippen LogP contribution in [0, 0.1) is 0 Å². The molecule has 0 radical (unpaired) electrons. The fourth-order valence-corrected chi connectivity index (χ4v) is 5.51. The van der Waals surface area contributed by atoms with Gasteiger partial charge in [0.2, 0.25) is 5.91 Å². The number of rotatable bonds is 4. The van der Waals surface area contributed by atoms with Crippen molar-refractivity contribution >= 4 is 39.7 Å². The predicted octanol–water partition coefficient (Wildman–Crippen LogP) is 5.75. The zero-order valence-electron chi connectivity index (χ0n) is 16.7. The molecule has 1 aromatic heterocycles. The zero-order chi connectivity index (χ0) is 21.5. The minimum Gasteiger partial charge on any atom is -0.497 e. The Morgan fingerprint density at radius 2 is 1.81 bits per heavy atom. The van der Waals surface area contributed by atoms with Gasteiger partial charge in [0.05, 0.1) is 12.8 Å². The van der Waals surface area contributed by atoms with Crippen molar-refractivity contribution < 1.29 is 19.4 Å². The maximum Gasteiger partial charge on any atom is 0.346 e. The van der Waals surface area contributed by atoms with Gasteiger partial charge in [-0.05, 0) is 34.0 Å². The van der Waals surface area contributed by atoms with E-state index in [1.54, 1.807) is 19.2 Å². The van der Waals surface area contributed by atoms with Gasteiger partial charge in [0, 0.05) is 22.8 Å². The molecule has 1 aliphatic rings. The number of ether oxygens (including phenoxy) is 1. The van der Waals surface area contributed by atoms with Crippen LogP contribution in [0.15, 0.2) is 66.7 Å². The van der Waals surface area contributed by atoms with Crippen LogP contribution in [0.4, 0.5) is 5.69 Å². The molecule has 0 bridgehead atoms. The molecular weight excluding hydrogens is 410 g/mol. The van der Waals surface area contributed by atoms with Gasteiger partial charge in [-0.3, -0.25) is 4.79 Å². The van der Waals surface area contributed by atoms with Crippen molar-refractivity contribution in [1.29, 1.82) is 0 Å². The molecule has 1 atom stereocenters. The number of amides is 1. The Bertz CT molecular complexity index is 1320. The largest absolute Gasteiger partial charge is 0.497 e. The van der Waals surface area contributed by atoms with Gasteiger partial charge in [-0.2, -0.15) is 0 Å². The van der Waals surface area contributed by atoms with E-state index in [0.717, 1.165) is 26.8 Å². The van der Waals surface area contributed by atoms with E-state index in [1.807, 2.05) is 54.6 Å². The smallest absolute Gasteiger partial charge is 0.346 e. The van der Waals surface area contributed by atoms with Crippen LogP contribution >= 0.6 is 11.3 Å². The third kappa shape index (κ3) is 3.25. The van der Waals surface area contributed by atoms with Crippen molar-refractivity contribution in [1.82, 2.24) is 0 Å². The Hall–Kier alpha value is -3.64. The number of benzene rings is 3. The molecule has 6 heteroatoms. The van der Waals surface area contributed by atoms with E-state index < -0.39 is 5.97 Å². The van der Waals surface area contributed by atoms with E-state index in [4.69, 9.17) is 4.74 Å². The van der Waals surface area contributed by atoms with Crippen molar-refractivity contribution in [3.63, 3.8) is 0 Å². The summed E-state index contributed by atoms with van der Waals surface area (Å²) in [6, 6.07) is 21.3. The maximum absolute atomic E-state index is 12.7. The monoisotopic (exact) mass is 429 g/mol. The molecule has 5 rings (SSSR count). The minimum absolute atomic E-state index is 0.116. The number of carboxylic acids is 1. The number of carbonyl (C=O) groups excluding carboxylic acids is 1. The molecular formula is C25H19NO4S. The number of thiophene rings is 1. The first-order valence-corrected chi connectivity index (χ1v) is 10.7. The van der Waals surface area contributed by atoms with Crippen molar-refractivity contribution in [2.45, 2.75) is 12.3 Å². The van der Waals surface area contributed by atoms with Crippen molar-refractivity contribution in [3.05, 3.63) is 82.0 Å². The number of aromatic carboxylic acids is 1. The molecule has 0 unspecified atom stereocenters. The molecule has 1 amide bonds. The fraction of sp³-hybridized carbons (Fsp3) is 0.120. The summed E-state index contributed by atoms with van der Waals surface area (Å²) in [6.07, 6.45) is 0.280. The minimum atomic E-state index is -1.00. The van der Waals surface area contributed by atoms with Crippen LogP contribution in [0.25, 0.3) is 21.9 Å². The van der Waals surface area contributed by atoms with Gasteiger partial charge >= 0.3 is 5.97 Å². The Morgan fingerprint density at radius 3 is 2.55 bits per heavy atom. The molecule has 1 aliphatic heterocycles. The molecule has 2 N–H and O–H groups in total. The second-order valence-electron chi connectivity index (χ2n) is 7.45. The molecule has 0 aliphatic carbocycles. The number of anilines is 1. The normalized spacial score (nSPS) is 15.4. The first-order valence-electron chi connectivity index (χ1n) is 9.88. The Labute approximate surface area is 182 Å². The second-order valence-corrected chi connectivity index (χ2v) is 8.50. The van der Waals surface area contributed by atoms with Gasteiger partial charge in [-0.25, -0.2) is 4.79 Å². The highest BCUT2D eigenvalue weighted by Crippen LogP contribution is 2.50. The summed E-state index contributed by atoms with van der Waals surface area (Å²) < 4.78 is 5.23. The number of carbonyl (C=O) groups is 2. The van der Waals surface area contributed by atoms with Crippen LogP contribution in [0.1, 0.15) is 32.5 Å². The van der Waals surface area contributed by atoms with Gasteiger partial charge < -0.3 is 15.2 Å². The second kappa shape index (κ2) is 7.56. The highest BCUT2D eigenvalue weighted by atomic mass is 32.1. The summed E-state index contributed by atoms with van der Waals surface area (Å²) in [5, 5.41) is 15.1. The molecule has 31 heavy (non-hydrogen) atoms. The number of nitrogens with one attached hydrogen (secondary N) is 1. The van der Waals surface area contributed by atoms with E-state index >= 15 is 0 Å². The predicted molar refractivity (Wildman–Crippen MR) is 122 cm³/mol. The van der Waals surface area contributed by atoms with Crippen LogP contribution < -0.4 is 10.1 Å². The molecule has 0 spiro atoms. The van der Waals surface area contributed by atoms with E-state index in [2.05, 4.69) is 5.32 Å². The maximum atomic E-state index is 12.7. The molecule has 3 aromatic carbocycles. The number of fused-ring (bicyclic) bond motifs is 2. The van der Waals surface area contributed by atoms with E-state index in [1.165, 1.54) is 11.3 Å². The number of methoxy groups -OCH3 is 1. The first kappa shape index (κ1) is 19.3. The Morgan fingerprint density at radius 1 is 1.06 bits per heavy atom. The SMILES string of the molecule is COc1ccc(-c2c(C(=O)O)sc3c2NC(=O)C[C@H]3c2cccc3ccccc23)cc1. The topological polar surface area (TPSA) is 75.6 Å². The lowest BCUT2D eigenvalue weighted by Crippen LogP contribution is -2.22. The lowest BCUT2D eigenvalue weighted by molar-refractivity contribution is -0.116. The zero-order valence-corrected chi connectivity index (χ0v) is 17.5. The summed E-state index contributed by atoms with van der Waals surface area (Å²) >= 11 is 1.24. The molecule has 5 nitrogen and oxygen atoms in total. The highest BCUT2D eigenvalue weighted by molar-refractivity contribution is 7.15. The summed E-state index contributed by atoms with van der Waals surface area (Å²) in [5.74, 6) is -0.640. The number of carboxylic acid groups (broad SMARTS) is 1.